The van der Waals surface area contributed by atoms with Gasteiger partial charge in [0.05, 0.1) is 29.3 Å². The SMILES string of the molecule is CCOc1cccc(C(C)NC(=O)c2ccc(NC(C)c3ccccn3)c([N+](=O)[O-])c2)c1. The number of nitrogens with one attached hydrogen (secondary N) is 2. The van der Waals surface area contributed by atoms with Gasteiger partial charge < -0.3 is 15.4 Å². The predicted octanol–water partition coefficient (Wildman–Crippen LogP) is 5.05. The van der Waals surface area contributed by atoms with E-state index in [9.17, 15) is 14.9 Å². The van der Waals surface area contributed by atoms with E-state index in [0.717, 1.165) is 17.0 Å². The molecule has 8 nitrogen and oxygen atoms in total. The van der Waals surface area contributed by atoms with Crippen LogP contribution in [-0.4, -0.2) is 22.4 Å². The molecule has 0 aliphatic carbocycles. The molecule has 0 saturated carbocycles. The maximum Gasteiger partial charge on any atom is 0.293 e. The summed E-state index contributed by atoms with van der Waals surface area (Å²) in [6.45, 7) is 6.17. The number of nitrogens with zero attached hydrogens (tertiary/aromatic N) is 2. The van der Waals surface area contributed by atoms with Crippen LogP contribution in [-0.2, 0) is 0 Å². The second kappa shape index (κ2) is 10.4. The van der Waals surface area contributed by atoms with E-state index >= 15 is 0 Å². The lowest BCUT2D eigenvalue weighted by Gasteiger charge is -2.17. The maximum absolute atomic E-state index is 12.8. The van der Waals surface area contributed by atoms with Gasteiger partial charge in [0.2, 0.25) is 0 Å². The minimum Gasteiger partial charge on any atom is -0.494 e. The zero-order valence-electron chi connectivity index (χ0n) is 18.2. The first kappa shape index (κ1) is 22.7. The van der Waals surface area contributed by atoms with Crippen molar-refractivity contribution in [3.8, 4) is 5.75 Å². The van der Waals surface area contributed by atoms with Crippen LogP contribution in [0.1, 0.15) is 54.5 Å². The first-order valence-corrected chi connectivity index (χ1v) is 10.4. The zero-order valence-corrected chi connectivity index (χ0v) is 18.2. The average molecular weight is 434 g/mol. The van der Waals surface area contributed by atoms with E-state index < -0.39 is 10.8 Å². The van der Waals surface area contributed by atoms with E-state index in [1.807, 2.05) is 57.2 Å². The van der Waals surface area contributed by atoms with Crippen molar-refractivity contribution in [1.82, 2.24) is 10.3 Å². The minimum atomic E-state index is -0.501. The molecule has 1 amide bonds. The number of aromatic nitrogens is 1. The molecule has 2 atom stereocenters. The van der Waals surface area contributed by atoms with E-state index in [4.69, 9.17) is 4.74 Å². The lowest BCUT2D eigenvalue weighted by Crippen LogP contribution is -2.26. The minimum absolute atomic E-state index is 0.175. The van der Waals surface area contributed by atoms with Crippen LogP contribution in [0.3, 0.4) is 0 Å². The second-order valence-corrected chi connectivity index (χ2v) is 7.31. The standard InChI is InChI=1S/C24H26N4O4/c1-4-32-20-9-7-8-18(14-20)16(2)27-24(29)19-11-12-22(23(15-19)28(30)31)26-17(3)21-10-5-6-13-25-21/h5-17,26H,4H2,1-3H3,(H,27,29). The number of anilines is 1. The summed E-state index contributed by atoms with van der Waals surface area (Å²) in [7, 11) is 0. The molecule has 166 valence electrons. The summed E-state index contributed by atoms with van der Waals surface area (Å²) in [5, 5.41) is 17.7. The number of carbonyl (C=O) groups excluding carboxylic acids is 1. The zero-order chi connectivity index (χ0) is 23.1. The van der Waals surface area contributed by atoms with Crippen LogP contribution in [0.15, 0.2) is 66.9 Å². The Hall–Kier alpha value is -3.94. The fourth-order valence-corrected chi connectivity index (χ4v) is 3.29. The maximum atomic E-state index is 12.8. The number of nitro benzene ring substituents is 1. The number of rotatable bonds is 9. The van der Waals surface area contributed by atoms with Gasteiger partial charge in [0.15, 0.2) is 0 Å². The monoisotopic (exact) mass is 434 g/mol. The van der Waals surface area contributed by atoms with Gasteiger partial charge in [0.25, 0.3) is 11.6 Å². The number of carbonyl (C=O) groups is 1. The van der Waals surface area contributed by atoms with E-state index in [2.05, 4.69) is 15.6 Å². The van der Waals surface area contributed by atoms with Crippen molar-refractivity contribution < 1.29 is 14.5 Å². The number of nitro groups is 1. The summed E-state index contributed by atoms with van der Waals surface area (Å²) in [6.07, 6.45) is 1.67. The summed E-state index contributed by atoms with van der Waals surface area (Å²) in [5.74, 6) is 0.325. The molecule has 0 saturated heterocycles. The summed E-state index contributed by atoms with van der Waals surface area (Å²) in [4.78, 5) is 28.2. The highest BCUT2D eigenvalue weighted by Crippen LogP contribution is 2.29. The highest BCUT2D eigenvalue weighted by atomic mass is 16.6. The van der Waals surface area contributed by atoms with Gasteiger partial charge in [-0.3, -0.25) is 19.9 Å². The first-order valence-electron chi connectivity index (χ1n) is 10.4. The van der Waals surface area contributed by atoms with Crippen LogP contribution in [0.5, 0.6) is 5.75 Å². The second-order valence-electron chi connectivity index (χ2n) is 7.31. The van der Waals surface area contributed by atoms with Crippen LogP contribution in [0, 0.1) is 10.1 Å². The molecule has 0 aliphatic rings. The normalized spacial score (nSPS) is 12.5. The number of pyridine rings is 1. The van der Waals surface area contributed by atoms with Crippen molar-refractivity contribution >= 4 is 17.3 Å². The number of hydrogen-bond acceptors (Lipinski definition) is 6. The molecule has 0 aliphatic heterocycles. The highest BCUT2D eigenvalue weighted by molar-refractivity contribution is 5.96. The Morgan fingerprint density at radius 2 is 1.91 bits per heavy atom. The van der Waals surface area contributed by atoms with E-state index in [0.29, 0.717) is 12.3 Å². The Kier molecular flexibility index (Phi) is 7.38. The van der Waals surface area contributed by atoms with Crippen molar-refractivity contribution in [1.29, 1.82) is 0 Å². The molecule has 2 unspecified atom stereocenters. The van der Waals surface area contributed by atoms with Gasteiger partial charge >= 0.3 is 0 Å². The molecular weight excluding hydrogens is 408 g/mol. The molecule has 3 aromatic rings. The molecule has 32 heavy (non-hydrogen) atoms. The van der Waals surface area contributed by atoms with Crippen molar-refractivity contribution in [3.05, 3.63) is 93.8 Å². The van der Waals surface area contributed by atoms with Gasteiger partial charge in [-0.25, -0.2) is 0 Å². The molecule has 0 fully saturated rings. The topological polar surface area (TPSA) is 106 Å². The number of hydrogen-bond donors (Lipinski definition) is 2. The van der Waals surface area contributed by atoms with Crippen LogP contribution >= 0.6 is 0 Å². The molecule has 0 spiro atoms. The molecule has 0 radical (unpaired) electrons. The third kappa shape index (κ3) is 5.60. The smallest absolute Gasteiger partial charge is 0.293 e. The molecule has 2 N–H and O–H groups in total. The first-order chi connectivity index (χ1) is 15.4. The third-order valence-corrected chi connectivity index (χ3v) is 4.98. The fraction of sp³-hybridized carbons (Fsp3) is 0.250. The number of amides is 1. The lowest BCUT2D eigenvalue weighted by atomic mass is 10.1. The largest absolute Gasteiger partial charge is 0.494 e. The van der Waals surface area contributed by atoms with Gasteiger partial charge in [-0.1, -0.05) is 18.2 Å². The van der Waals surface area contributed by atoms with Gasteiger partial charge in [-0.15, -0.1) is 0 Å². The van der Waals surface area contributed by atoms with E-state index in [1.54, 1.807) is 24.4 Å². The molecule has 8 heteroatoms. The highest BCUT2D eigenvalue weighted by Gasteiger charge is 2.20. The summed E-state index contributed by atoms with van der Waals surface area (Å²) < 4.78 is 5.51. The van der Waals surface area contributed by atoms with Crippen LogP contribution < -0.4 is 15.4 Å². The van der Waals surface area contributed by atoms with Crippen molar-refractivity contribution in [2.45, 2.75) is 32.9 Å². The van der Waals surface area contributed by atoms with Crippen LogP contribution in [0.2, 0.25) is 0 Å². The molecule has 1 heterocycles. The molecule has 0 bridgehead atoms. The lowest BCUT2D eigenvalue weighted by molar-refractivity contribution is -0.384. The van der Waals surface area contributed by atoms with Crippen molar-refractivity contribution in [2.75, 3.05) is 11.9 Å². The Balaban J connectivity index is 1.76. The fourth-order valence-electron chi connectivity index (χ4n) is 3.29. The summed E-state index contributed by atoms with van der Waals surface area (Å²) in [5.41, 5.74) is 1.99. The van der Waals surface area contributed by atoms with Crippen LogP contribution in [0.4, 0.5) is 11.4 Å². The molecular formula is C24H26N4O4. The van der Waals surface area contributed by atoms with Gasteiger partial charge in [-0.05, 0) is 62.7 Å². The van der Waals surface area contributed by atoms with E-state index in [1.165, 1.54) is 6.07 Å². The van der Waals surface area contributed by atoms with E-state index in [-0.39, 0.29) is 23.3 Å². The van der Waals surface area contributed by atoms with Crippen molar-refractivity contribution in [3.63, 3.8) is 0 Å². The number of ether oxygens (including phenoxy) is 1. The predicted molar refractivity (Wildman–Crippen MR) is 123 cm³/mol. The van der Waals surface area contributed by atoms with Crippen LogP contribution in [0.25, 0.3) is 0 Å². The Labute approximate surface area is 186 Å². The van der Waals surface area contributed by atoms with Gasteiger partial charge in [-0.2, -0.15) is 0 Å². The number of benzene rings is 2. The molecule has 2 aromatic carbocycles. The third-order valence-electron chi connectivity index (χ3n) is 4.98. The average Bonchev–Trinajstić information content (AvgIpc) is 2.80. The van der Waals surface area contributed by atoms with Crippen molar-refractivity contribution in [2.24, 2.45) is 0 Å². The van der Waals surface area contributed by atoms with Gasteiger partial charge in [0, 0.05) is 17.8 Å². The quantitative estimate of drug-likeness (QED) is 0.360. The van der Waals surface area contributed by atoms with Gasteiger partial charge in [0.1, 0.15) is 11.4 Å². The Bertz CT molecular complexity index is 1090. The summed E-state index contributed by atoms with van der Waals surface area (Å²) in [6, 6.07) is 16.8. The Morgan fingerprint density at radius 3 is 2.59 bits per heavy atom. The Morgan fingerprint density at radius 1 is 1.09 bits per heavy atom. The summed E-state index contributed by atoms with van der Waals surface area (Å²) >= 11 is 0. The molecule has 1 aromatic heterocycles. The molecule has 3 rings (SSSR count).